The van der Waals surface area contributed by atoms with Crippen LogP contribution in [0.2, 0.25) is 0 Å². The normalized spacial score (nSPS) is 10.8. The fraction of sp³-hybridized carbons (Fsp3) is 0.467. The first kappa shape index (κ1) is 15.3. The van der Waals surface area contributed by atoms with Crippen LogP contribution in [0.5, 0.6) is 0 Å². The average Bonchev–Trinajstić information content (AvgIpc) is 3.14. The molecule has 0 aliphatic rings. The van der Waals surface area contributed by atoms with E-state index in [2.05, 4.69) is 17.1 Å². The largest absolute Gasteiger partial charge is 0.467 e. The van der Waals surface area contributed by atoms with Crippen LogP contribution in [0.4, 0.5) is 0 Å². The second-order valence-electron chi connectivity index (χ2n) is 4.83. The highest BCUT2D eigenvalue weighted by Crippen LogP contribution is 2.11. The molecule has 0 aliphatic carbocycles. The molecule has 0 saturated carbocycles. The molecule has 2 heterocycles. The lowest BCUT2D eigenvalue weighted by atomic mass is 10.2. The minimum Gasteiger partial charge on any atom is -0.467 e. The van der Waals surface area contributed by atoms with Crippen molar-refractivity contribution in [3.8, 4) is 0 Å². The van der Waals surface area contributed by atoms with Gasteiger partial charge in [0.1, 0.15) is 11.5 Å². The van der Waals surface area contributed by atoms with Crippen LogP contribution in [-0.2, 0) is 17.7 Å². The third kappa shape index (κ3) is 4.19. The van der Waals surface area contributed by atoms with Gasteiger partial charge in [0.05, 0.1) is 19.4 Å². The van der Waals surface area contributed by atoms with Gasteiger partial charge in [0, 0.05) is 19.3 Å². The van der Waals surface area contributed by atoms with Crippen molar-refractivity contribution in [3.63, 3.8) is 0 Å². The SMILES string of the molecule is CCCc1cc(C(=O)N(CCOC)Cc2ccco2)n[nH]1. The third-order valence-corrected chi connectivity index (χ3v) is 3.15. The number of carbonyl (C=O) groups is 1. The number of aromatic nitrogens is 2. The van der Waals surface area contributed by atoms with E-state index in [-0.39, 0.29) is 5.91 Å². The minimum absolute atomic E-state index is 0.123. The molecule has 6 heteroatoms. The number of aryl methyl sites for hydroxylation is 1. The fourth-order valence-corrected chi connectivity index (χ4v) is 2.08. The molecule has 0 spiro atoms. The number of methoxy groups -OCH3 is 1. The summed E-state index contributed by atoms with van der Waals surface area (Å²) in [5, 5.41) is 7.01. The first-order valence-electron chi connectivity index (χ1n) is 7.09. The topological polar surface area (TPSA) is 71.4 Å². The van der Waals surface area contributed by atoms with Crippen molar-refractivity contribution in [2.45, 2.75) is 26.3 Å². The van der Waals surface area contributed by atoms with Crippen LogP contribution in [-0.4, -0.2) is 41.3 Å². The molecular formula is C15H21N3O3. The van der Waals surface area contributed by atoms with E-state index in [9.17, 15) is 4.79 Å². The Morgan fingerprint density at radius 1 is 1.52 bits per heavy atom. The molecule has 2 aromatic heterocycles. The number of hydrogen-bond donors (Lipinski definition) is 1. The molecule has 0 unspecified atom stereocenters. The van der Waals surface area contributed by atoms with E-state index in [4.69, 9.17) is 9.15 Å². The summed E-state index contributed by atoms with van der Waals surface area (Å²) in [4.78, 5) is 14.2. The van der Waals surface area contributed by atoms with Gasteiger partial charge >= 0.3 is 0 Å². The molecule has 2 rings (SSSR count). The third-order valence-electron chi connectivity index (χ3n) is 3.15. The molecule has 0 aliphatic heterocycles. The zero-order valence-corrected chi connectivity index (χ0v) is 12.5. The maximum absolute atomic E-state index is 12.5. The Labute approximate surface area is 124 Å². The van der Waals surface area contributed by atoms with Crippen LogP contribution in [0.15, 0.2) is 28.9 Å². The van der Waals surface area contributed by atoms with Gasteiger partial charge in [0.2, 0.25) is 0 Å². The zero-order chi connectivity index (χ0) is 15.1. The van der Waals surface area contributed by atoms with Crippen LogP contribution >= 0.6 is 0 Å². The van der Waals surface area contributed by atoms with Gasteiger partial charge in [0.15, 0.2) is 0 Å². The van der Waals surface area contributed by atoms with Gasteiger partial charge in [-0.05, 0) is 24.6 Å². The molecule has 114 valence electrons. The lowest BCUT2D eigenvalue weighted by Crippen LogP contribution is -2.33. The maximum Gasteiger partial charge on any atom is 0.274 e. The monoisotopic (exact) mass is 291 g/mol. The Balaban J connectivity index is 2.08. The summed E-state index contributed by atoms with van der Waals surface area (Å²) in [7, 11) is 1.61. The standard InChI is InChI=1S/C15H21N3O3/c1-3-5-12-10-14(17-16-12)15(19)18(7-9-20-2)11-13-6-4-8-21-13/h4,6,8,10H,3,5,7,9,11H2,1-2H3,(H,16,17). The van der Waals surface area contributed by atoms with Crippen molar-refractivity contribution in [2.24, 2.45) is 0 Å². The van der Waals surface area contributed by atoms with E-state index >= 15 is 0 Å². The molecule has 1 amide bonds. The Morgan fingerprint density at radius 3 is 3.05 bits per heavy atom. The molecule has 2 aromatic rings. The summed E-state index contributed by atoms with van der Waals surface area (Å²) in [6.07, 6.45) is 3.49. The van der Waals surface area contributed by atoms with Crippen molar-refractivity contribution in [3.05, 3.63) is 41.6 Å². The first-order valence-corrected chi connectivity index (χ1v) is 7.09. The lowest BCUT2D eigenvalue weighted by Gasteiger charge is -2.20. The number of nitrogens with one attached hydrogen (secondary N) is 1. The van der Waals surface area contributed by atoms with Crippen molar-refractivity contribution in [1.29, 1.82) is 0 Å². The highest BCUT2D eigenvalue weighted by atomic mass is 16.5. The van der Waals surface area contributed by atoms with E-state index in [0.29, 0.717) is 25.4 Å². The van der Waals surface area contributed by atoms with Crippen LogP contribution in [0.1, 0.15) is 35.3 Å². The van der Waals surface area contributed by atoms with E-state index < -0.39 is 0 Å². The predicted molar refractivity (Wildman–Crippen MR) is 77.9 cm³/mol. The summed E-state index contributed by atoms with van der Waals surface area (Å²) >= 11 is 0. The number of aromatic amines is 1. The molecule has 0 radical (unpaired) electrons. The second kappa shape index (κ2) is 7.64. The molecule has 6 nitrogen and oxygen atoms in total. The second-order valence-corrected chi connectivity index (χ2v) is 4.83. The van der Waals surface area contributed by atoms with E-state index in [0.717, 1.165) is 24.3 Å². The molecular weight excluding hydrogens is 270 g/mol. The van der Waals surface area contributed by atoms with Gasteiger partial charge < -0.3 is 14.1 Å². The van der Waals surface area contributed by atoms with Crippen molar-refractivity contribution >= 4 is 5.91 Å². The lowest BCUT2D eigenvalue weighted by molar-refractivity contribution is 0.0660. The summed E-state index contributed by atoms with van der Waals surface area (Å²) < 4.78 is 10.4. The Morgan fingerprint density at radius 2 is 2.38 bits per heavy atom. The van der Waals surface area contributed by atoms with Gasteiger partial charge in [-0.25, -0.2) is 0 Å². The Kier molecular flexibility index (Phi) is 5.57. The van der Waals surface area contributed by atoms with Gasteiger partial charge in [0.25, 0.3) is 5.91 Å². The molecule has 1 N–H and O–H groups in total. The van der Waals surface area contributed by atoms with Gasteiger partial charge in [-0.1, -0.05) is 13.3 Å². The van der Waals surface area contributed by atoms with Crippen LogP contribution in [0.25, 0.3) is 0 Å². The van der Waals surface area contributed by atoms with Gasteiger partial charge in [-0.3, -0.25) is 9.89 Å². The number of hydrogen-bond acceptors (Lipinski definition) is 4. The number of ether oxygens (including phenoxy) is 1. The first-order chi connectivity index (χ1) is 10.2. The van der Waals surface area contributed by atoms with E-state index in [1.807, 2.05) is 18.2 Å². The predicted octanol–water partition coefficient (Wildman–Crippen LogP) is 2.24. The molecule has 0 fully saturated rings. The number of furan rings is 1. The van der Waals surface area contributed by atoms with E-state index in [1.165, 1.54) is 0 Å². The number of H-pyrrole nitrogens is 1. The zero-order valence-electron chi connectivity index (χ0n) is 12.5. The van der Waals surface area contributed by atoms with Crippen LogP contribution in [0.3, 0.4) is 0 Å². The highest BCUT2D eigenvalue weighted by Gasteiger charge is 2.19. The Bertz CT molecular complexity index is 548. The molecule has 0 atom stereocenters. The average molecular weight is 291 g/mol. The quantitative estimate of drug-likeness (QED) is 0.809. The number of nitrogens with zero attached hydrogens (tertiary/aromatic N) is 2. The number of carbonyl (C=O) groups excluding carboxylic acids is 1. The van der Waals surface area contributed by atoms with Crippen molar-refractivity contribution < 1.29 is 13.9 Å². The molecule has 0 bridgehead atoms. The van der Waals surface area contributed by atoms with Crippen LogP contribution < -0.4 is 0 Å². The summed E-state index contributed by atoms with van der Waals surface area (Å²) in [6, 6.07) is 5.47. The van der Waals surface area contributed by atoms with Crippen LogP contribution in [0, 0.1) is 0 Å². The summed E-state index contributed by atoms with van der Waals surface area (Å²) in [5.74, 6) is 0.617. The highest BCUT2D eigenvalue weighted by molar-refractivity contribution is 5.92. The van der Waals surface area contributed by atoms with Gasteiger partial charge in [-0.2, -0.15) is 5.10 Å². The number of amides is 1. The van der Waals surface area contributed by atoms with Gasteiger partial charge in [-0.15, -0.1) is 0 Å². The summed E-state index contributed by atoms with van der Waals surface area (Å²) in [6.45, 7) is 3.46. The maximum atomic E-state index is 12.5. The molecule has 21 heavy (non-hydrogen) atoms. The van der Waals surface area contributed by atoms with Crippen molar-refractivity contribution in [2.75, 3.05) is 20.3 Å². The number of rotatable bonds is 8. The smallest absolute Gasteiger partial charge is 0.274 e. The minimum atomic E-state index is -0.123. The Hall–Kier alpha value is -2.08. The van der Waals surface area contributed by atoms with Crippen molar-refractivity contribution in [1.82, 2.24) is 15.1 Å². The fourth-order valence-electron chi connectivity index (χ4n) is 2.08. The summed E-state index contributed by atoms with van der Waals surface area (Å²) in [5.41, 5.74) is 1.41. The molecule has 0 saturated heterocycles. The van der Waals surface area contributed by atoms with E-state index in [1.54, 1.807) is 18.3 Å². The molecule has 0 aromatic carbocycles.